The smallest absolute Gasteiger partial charge is 0.0773 e. The fourth-order valence-electron chi connectivity index (χ4n) is 0.769. The van der Waals surface area contributed by atoms with Gasteiger partial charge in [0.1, 0.15) is 0 Å². The number of aliphatic hydroxyl groups excluding tert-OH is 2. The maximum absolute atomic E-state index is 8.96. The molecule has 0 saturated heterocycles. The number of hydrogen-bond donors (Lipinski definition) is 2. The highest BCUT2D eigenvalue weighted by atomic mass is 16.3. The maximum Gasteiger partial charge on any atom is 0.0773 e. The predicted octanol–water partition coefficient (Wildman–Crippen LogP) is 1.64. The fraction of sp³-hybridized carbons (Fsp3) is 0.600. The monoisotopic (exact) mass is 170 g/mol. The van der Waals surface area contributed by atoms with Crippen LogP contribution >= 0.6 is 0 Å². The highest BCUT2D eigenvalue weighted by Gasteiger charge is 1.97. The fourth-order valence-corrected chi connectivity index (χ4v) is 0.769. The van der Waals surface area contributed by atoms with Gasteiger partial charge in [-0.3, -0.25) is 0 Å². The molecule has 0 aliphatic rings. The molecule has 1 atom stereocenters. The van der Waals surface area contributed by atoms with Gasteiger partial charge in [-0.1, -0.05) is 31.2 Å². The Morgan fingerprint density at radius 2 is 1.92 bits per heavy atom. The van der Waals surface area contributed by atoms with Crippen LogP contribution in [0.15, 0.2) is 24.3 Å². The molecule has 0 aromatic rings. The summed E-state index contributed by atoms with van der Waals surface area (Å²) in [5.41, 5.74) is 0. The van der Waals surface area contributed by atoms with E-state index in [1.54, 1.807) is 0 Å². The van der Waals surface area contributed by atoms with Crippen LogP contribution in [0.4, 0.5) is 0 Å². The molecule has 1 unspecified atom stereocenters. The molecule has 70 valence electrons. The quantitative estimate of drug-likeness (QED) is 0.595. The van der Waals surface area contributed by atoms with E-state index in [4.69, 9.17) is 10.2 Å². The summed E-state index contributed by atoms with van der Waals surface area (Å²) in [6.07, 6.45) is 9.94. The molecule has 0 spiro atoms. The van der Waals surface area contributed by atoms with Gasteiger partial charge in [0.05, 0.1) is 12.7 Å². The number of aliphatic hydroxyl groups is 2. The largest absolute Gasteiger partial charge is 0.394 e. The van der Waals surface area contributed by atoms with Gasteiger partial charge in [-0.2, -0.15) is 0 Å². The molecule has 0 saturated carbocycles. The number of hydrogen-bond acceptors (Lipinski definition) is 2. The summed E-state index contributed by atoms with van der Waals surface area (Å²) in [6, 6.07) is 0. The van der Waals surface area contributed by atoms with Gasteiger partial charge in [-0.25, -0.2) is 0 Å². The van der Waals surface area contributed by atoms with E-state index in [9.17, 15) is 0 Å². The van der Waals surface area contributed by atoms with Gasteiger partial charge in [-0.15, -0.1) is 0 Å². The Morgan fingerprint density at radius 1 is 1.25 bits per heavy atom. The van der Waals surface area contributed by atoms with E-state index in [1.807, 2.05) is 18.2 Å². The SMILES string of the molecule is CCC=CC=CCCC(O)CO. The minimum atomic E-state index is -0.565. The first-order valence-electron chi connectivity index (χ1n) is 4.41. The summed E-state index contributed by atoms with van der Waals surface area (Å²) in [5.74, 6) is 0. The molecular formula is C10H18O2. The van der Waals surface area contributed by atoms with Crippen LogP contribution in [-0.4, -0.2) is 22.9 Å². The lowest BCUT2D eigenvalue weighted by molar-refractivity contribution is 0.0891. The Labute approximate surface area is 74.2 Å². The number of rotatable bonds is 6. The van der Waals surface area contributed by atoms with Gasteiger partial charge in [0.25, 0.3) is 0 Å². The van der Waals surface area contributed by atoms with Crippen LogP contribution in [-0.2, 0) is 0 Å². The van der Waals surface area contributed by atoms with E-state index in [-0.39, 0.29) is 6.61 Å². The van der Waals surface area contributed by atoms with Gasteiger partial charge in [-0.05, 0) is 19.3 Å². The molecule has 0 aliphatic carbocycles. The van der Waals surface area contributed by atoms with E-state index >= 15 is 0 Å². The molecule has 0 bridgehead atoms. The number of allylic oxidation sites excluding steroid dienone is 4. The van der Waals surface area contributed by atoms with Crippen molar-refractivity contribution in [1.29, 1.82) is 0 Å². The van der Waals surface area contributed by atoms with Crippen LogP contribution in [0.3, 0.4) is 0 Å². The standard InChI is InChI=1S/C10H18O2/c1-2-3-4-5-6-7-8-10(12)9-11/h3-6,10-12H,2,7-9H2,1H3. The molecule has 0 radical (unpaired) electrons. The second-order valence-corrected chi connectivity index (χ2v) is 2.68. The Balaban J connectivity index is 3.29. The summed E-state index contributed by atoms with van der Waals surface area (Å²) < 4.78 is 0. The average Bonchev–Trinajstić information content (AvgIpc) is 2.10. The molecule has 0 heterocycles. The van der Waals surface area contributed by atoms with Crippen molar-refractivity contribution in [3.05, 3.63) is 24.3 Å². The molecule has 0 rings (SSSR count). The van der Waals surface area contributed by atoms with Gasteiger partial charge in [0, 0.05) is 0 Å². The summed E-state index contributed by atoms with van der Waals surface area (Å²) in [6.45, 7) is 1.94. The molecule has 0 amide bonds. The zero-order valence-electron chi connectivity index (χ0n) is 7.61. The first-order valence-corrected chi connectivity index (χ1v) is 4.41. The van der Waals surface area contributed by atoms with Crippen molar-refractivity contribution < 1.29 is 10.2 Å². The van der Waals surface area contributed by atoms with Crippen molar-refractivity contribution in [2.45, 2.75) is 32.3 Å². The molecule has 0 fully saturated rings. The molecule has 2 nitrogen and oxygen atoms in total. The summed E-state index contributed by atoms with van der Waals surface area (Å²) in [4.78, 5) is 0. The van der Waals surface area contributed by atoms with Crippen LogP contribution in [0.5, 0.6) is 0 Å². The molecule has 2 heteroatoms. The highest BCUT2D eigenvalue weighted by molar-refractivity contribution is 5.01. The molecule has 0 aliphatic heterocycles. The van der Waals surface area contributed by atoms with E-state index in [0.717, 1.165) is 12.8 Å². The second-order valence-electron chi connectivity index (χ2n) is 2.68. The topological polar surface area (TPSA) is 40.5 Å². The van der Waals surface area contributed by atoms with Gasteiger partial charge >= 0.3 is 0 Å². The third-order valence-corrected chi connectivity index (χ3v) is 1.50. The Hall–Kier alpha value is -0.600. The zero-order chi connectivity index (χ0) is 9.23. The lowest BCUT2D eigenvalue weighted by Gasteiger charge is -2.02. The van der Waals surface area contributed by atoms with E-state index < -0.39 is 6.10 Å². The van der Waals surface area contributed by atoms with Crippen LogP contribution in [0, 0.1) is 0 Å². The molecular weight excluding hydrogens is 152 g/mol. The third-order valence-electron chi connectivity index (χ3n) is 1.50. The van der Waals surface area contributed by atoms with E-state index in [0.29, 0.717) is 6.42 Å². The van der Waals surface area contributed by atoms with Crippen LogP contribution in [0.1, 0.15) is 26.2 Å². The molecule has 2 N–H and O–H groups in total. The van der Waals surface area contributed by atoms with Crippen LogP contribution < -0.4 is 0 Å². The van der Waals surface area contributed by atoms with E-state index in [1.165, 1.54) is 0 Å². The lowest BCUT2D eigenvalue weighted by atomic mass is 10.2. The Morgan fingerprint density at radius 3 is 2.50 bits per heavy atom. The van der Waals surface area contributed by atoms with Crippen molar-refractivity contribution in [1.82, 2.24) is 0 Å². The van der Waals surface area contributed by atoms with Crippen LogP contribution in [0.2, 0.25) is 0 Å². The summed E-state index contributed by atoms with van der Waals surface area (Å²) in [7, 11) is 0. The predicted molar refractivity (Wildman–Crippen MR) is 50.9 cm³/mol. The van der Waals surface area contributed by atoms with E-state index in [2.05, 4.69) is 13.0 Å². The summed E-state index contributed by atoms with van der Waals surface area (Å²) in [5, 5.41) is 17.4. The molecule has 12 heavy (non-hydrogen) atoms. The van der Waals surface area contributed by atoms with Gasteiger partial charge in [0.15, 0.2) is 0 Å². The molecule has 0 aromatic carbocycles. The third kappa shape index (κ3) is 7.51. The van der Waals surface area contributed by atoms with Crippen molar-refractivity contribution in [2.75, 3.05) is 6.61 Å². The maximum atomic E-state index is 8.96. The molecule has 0 aromatic heterocycles. The Kier molecular flexibility index (Phi) is 8.07. The van der Waals surface area contributed by atoms with Crippen molar-refractivity contribution in [2.24, 2.45) is 0 Å². The zero-order valence-corrected chi connectivity index (χ0v) is 7.61. The summed E-state index contributed by atoms with van der Waals surface area (Å²) >= 11 is 0. The normalized spacial score (nSPS) is 14.6. The average molecular weight is 170 g/mol. The first-order chi connectivity index (χ1) is 5.81. The highest BCUT2D eigenvalue weighted by Crippen LogP contribution is 1.97. The van der Waals surface area contributed by atoms with Crippen LogP contribution in [0.25, 0.3) is 0 Å². The van der Waals surface area contributed by atoms with Gasteiger partial charge < -0.3 is 10.2 Å². The second kappa shape index (κ2) is 8.50. The van der Waals surface area contributed by atoms with Gasteiger partial charge in [0.2, 0.25) is 0 Å². The minimum absolute atomic E-state index is 0.140. The first kappa shape index (κ1) is 11.4. The Bertz CT molecular complexity index is 139. The van der Waals surface area contributed by atoms with Crippen molar-refractivity contribution in [3.8, 4) is 0 Å². The lowest BCUT2D eigenvalue weighted by Crippen LogP contribution is -2.10. The van der Waals surface area contributed by atoms with Crippen molar-refractivity contribution >= 4 is 0 Å². The minimum Gasteiger partial charge on any atom is -0.394 e. The van der Waals surface area contributed by atoms with Crippen molar-refractivity contribution in [3.63, 3.8) is 0 Å².